The number of hydrogen-bond donors (Lipinski definition) is 1. The van der Waals surface area contributed by atoms with E-state index < -0.39 is 0 Å². The van der Waals surface area contributed by atoms with Gasteiger partial charge in [-0.1, -0.05) is 11.7 Å². The number of rotatable bonds is 1. The van der Waals surface area contributed by atoms with Gasteiger partial charge in [0.05, 0.1) is 6.33 Å². The van der Waals surface area contributed by atoms with E-state index in [9.17, 15) is 0 Å². The first-order valence-electron chi connectivity index (χ1n) is 2.83. The summed E-state index contributed by atoms with van der Waals surface area (Å²) in [6.07, 6.45) is 3.16. The minimum absolute atomic E-state index is 0.593. The molecule has 0 aliphatic heterocycles. The molecule has 50 valence electrons. The minimum atomic E-state index is 0.593. The van der Waals surface area contributed by atoms with E-state index >= 15 is 0 Å². The summed E-state index contributed by atoms with van der Waals surface area (Å²) >= 11 is 0. The van der Waals surface area contributed by atoms with Gasteiger partial charge in [0.25, 0.3) is 0 Å². The number of aromatic amines is 1. The molecule has 2 aromatic rings. The lowest BCUT2D eigenvalue weighted by Crippen LogP contribution is -1.63. The Morgan fingerprint density at radius 1 is 1.70 bits per heavy atom. The molecule has 4 nitrogen and oxygen atoms in total. The molecule has 2 aromatic heterocycles. The van der Waals surface area contributed by atoms with Crippen molar-refractivity contribution in [2.45, 2.75) is 0 Å². The highest BCUT2D eigenvalue weighted by molar-refractivity contribution is 5.77. The smallest absolute Gasteiger partial charge is 0.221 e. The van der Waals surface area contributed by atoms with Crippen molar-refractivity contribution in [3.05, 3.63) is 18.7 Å². The highest BCUT2D eigenvalue weighted by Gasteiger charge is 2.05. The van der Waals surface area contributed by atoms with Crippen LogP contribution in [0.5, 0.6) is 0 Å². The Labute approximate surface area is 56.5 Å². The van der Waals surface area contributed by atoms with Crippen LogP contribution < -0.4 is 0 Å². The molecule has 0 saturated heterocycles. The Kier molecular flexibility index (Phi) is 0.887. The highest BCUT2D eigenvalue weighted by Crippen LogP contribution is 2.13. The second-order valence-corrected chi connectivity index (χ2v) is 1.85. The van der Waals surface area contributed by atoms with Gasteiger partial charge >= 0.3 is 0 Å². The fourth-order valence-corrected chi connectivity index (χ4v) is 0.815. The Bertz CT molecular complexity index is 360. The van der Waals surface area contributed by atoms with Gasteiger partial charge in [0.1, 0.15) is 5.52 Å². The summed E-state index contributed by atoms with van der Waals surface area (Å²) in [5, 5.41) is 3.66. The number of hydrogen-bond acceptors (Lipinski definition) is 3. The van der Waals surface area contributed by atoms with Crippen molar-refractivity contribution in [1.82, 2.24) is 15.1 Å². The van der Waals surface area contributed by atoms with Gasteiger partial charge in [-0.3, -0.25) is 0 Å². The summed E-state index contributed by atoms with van der Waals surface area (Å²) < 4.78 is 4.84. The Morgan fingerprint density at radius 2 is 2.60 bits per heavy atom. The SMILES string of the molecule is C=Cc1onc2nc[nH]c12. The molecule has 2 rings (SSSR count). The first kappa shape index (κ1) is 5.22. The lowest BCUT2D eigenvalue weighted by molar-refractivity contribution is 0.419. The molecule has 2 heterocycles. The minimum Gasteiger partial charge on any atom is -0.352 e. The first-order valence-corrected chi connectivity index (χ1v) is 2.83. The van der Waals surface area contributed by atoms with Gasteiger partial charge < -0.3 is 9.51 Å². The normalized spacial score (nSPS) is 10.4. The third-order valence-electron chi connectivity index (χ3n) is 1.28. The molecule has 0 radical (unpaired) electrons. The lowest BCUT2D eigenvalue weighted by atomic mass is 10.4. The molecule has 0 unspecified atom stereocenters. The molecule has 10 heavy (non-hydrogen) atoms. The van der Waals surface area contributed by atoms with E-state index in [1.165, 1.54) is 0 Å². The van der Waals surface area contributed by atoms with Crippen molar-refractivity contribution >= 4 is 17.2 Å². The number of aromatic nitrogens is 3. The summed E-state index contributed by atoms with van der Waals surface area (Å²) in [6.45, 7) is 3.55. The molecule has 4 heteroatoms. The third-order valence-corrected chi connectivity index (χ3v) is 1.28. The molecule has 0 atom stereocenters. The molecule has 0 aliphatic rings. The maximum Gasteiger partial charge on any atom is 0.221 e. The van der Waals surface area contributed by atoms with E-state index in [2.05, 4.69) is 21.7 Å². The molecule has 0 spiro atoms. The maximum absolute atomic E-state index is 4.84. The van der Waals surface area contributed by atoms with E-state index in [1.54, 1.807) is 12.4 Å². The van der Waals surface area contributed by atoms with E-state index in [-0.39, 0.29) is 0 Å². The number of imidazole rings is 1. The zero-order valence-corrected chi connectivity index (χ0v) is 5.16. The molecule has 0 aliphatic carbocycles. The molecule has 0 fully saturated rings. The summed E-state index contributed by atoms with van der Waals surface area (Å²) in [4.78, 5) is 6.76. The van der Waals surface area contributed by atoms with Gasteiger partial charge in [-0.15, -0.1) is 0 Å². The van der Waals surface area contributed by atoms with Crippen molar-refractivity contribution in [2.75, 3.05) is 0 Å². The van der Waals surface area contributed by atoms with Gasteiger partial charge in [0.2, 0.25) is 5.65 Å². The molecule has 1 N–H and O–H groups in total. The van der Waals surface area contributed by atoms with Crippen LogP contribution in [0.25, 0.3) is 17.2 Å². The van der Waals surface area contributed by atoms with Crippen LogP contribution >= 0.6 is 0 Å². The molecule has 0 amide bonds. The molecule has 0 saturated carbocycles. The Balaban J connectivity index is 2.88. The maximum atomic E-state index is 4.84. The van der Waals surface area contributed by atoms with Crippen molar-refractivity contribution in [2.24, 2.45) is 0 Å². The van der Waals surface area contributed by atoms with Gasteiger partial charge in [0.15, 0.2) is 5.76 Å². The monoisotopic (exact) mass is 135 g/mol. The predicted molar refractivity (Wildman–Crippen MR) is 36.2 cm³/mol. The first-order chi connectivity index (χ1) is 4.92. The lowest BCUT2D eigenvalue weighted by Gasteiger charge is -1.75. The average molecular weight is 135 g/mol. The van der Waals surface area contributed by atoms with Crippen LogP contribution in [0.15, 0.2) is 17.4 Å². The van der Waals surface area contributed by atoms with Crippen molar-refractivity contribution < 1.29 is 4.52 Å². The second kappa shape index (κ2) is 1.70. The fraction of sp³-hybridized carbons (Fsp3) is 0. The predicted octanol–water partition coefficient (Wildman–Crippen LogP) is 1.19. The number of fused-ring (bicyclic) bond motifs is 1. The van der Waals surface area contributed by atoms with Crippen LogP contribution in [0, 0.1) is 0 Å². The summed E-state index contributed by atoms with van der Waals surface area (Å²) in [5.41, 5.74) is 1.39. The fourth-order valence-electron chi connectivity index (χ4n) is 0.815. The van der Waals surface area contributed by atoms with Crippen LogP contribution in [-0.2, 0) is 0 Å². The average Bonchev–Trinajstić information content (AvgIpc) is 2.44. The zero-order chi connectivity index (χ0) is 6.97. The van der Waals surface area contributed by atoms with Gasteiger partial charge in [-0.05, 0) is 6.08 Å². The van der Waals surface area contributed by atoms with Crippen LogP contribution in [0.4, 0.5) is 0 Å². The van der Waals surface area contributed by atoms with E-state index in [0.29, 0.717) is 11.4 Å². The van der Waals surface area contributed by atoms with Crippen molar-refractivity contribution in [3.63, 3.8) is 0 Å². The van der Waals surface area contributed by atoms with Gasteiger partial charge in [-0.2, -0.15) is 0 Å². The van der Waals surface area contributed by atoms with Crippen molar-refractivity contribution in [3.8, 4) is 0 Å². The number of H-pyrrole nitrogens is 1. The molecular formula is C6H5N3O. The van der Waals surface area contributed by atoms with E-state index in [4.69, 9.17) is 4.52 Å². The molecule has 0 bridgehead atoms. The van der Waals surface area contributed by atoms with Gasteiger partial charge in [0, 0.05) is 0 Å². The molecular weight excluding hydrogens is 130 g/mol. The largest absolute Gasteiger partial charge is 0.352 e. The van der Waals surface area contributed by atoms with E-state index in [0.717, 1.165) is 5.52 Å². The van der Waals surface area contributed by atoms with Crippen LogP contribution in [-0.4, -0.2) is 15.1 Å². The van der Waals surface area contributed by atoms with Crippen LogP contribution in [0.3, 0.4) is 0 Å². The summed E-state index contributed by atoms with van der Waals surface area (Å²) in [5.74, 6) is 0.632. The molecule has 0 aromatic carbocycles. The number of nitrogens with one attached hydrogen (secondary N) is 1. The third kappa shape index (κ3) is 0.500. The number of nitrogens with zero attached hydrogens (tertiary/aromatic N) is 2. The van der Waals surface area contributed by atoms with Crippen LogP contribution in [0.2, 0.25) is 0 Å². The highest BCUT2D eigenvalue weighted by atomic mass is 16.5. The zero-order valence-electron chi connectivity index (χ0n) is 5.16. The van der Waals surface area contributed by atoms with E-state index in [1.807, 2.05) is 0 Å². The Hall–Kier alpha value is -1.58. The van der Waals surface area contributed by atoms with Gasteiger partial charge in [-0.25, -0.2) is 4.98 Å². The standard InChI is InChI=1S/C6H5N3O/c1-2-4-5-6(9-10-4)8-3-7-5/h2-3H,1H2,(H,7,8,9). The topological polar surface area (TPSA) is 54.7 Å². The van der Waals surface area contributed by atoms with Crippen molar-refractivity contribution in [1.29, 1.82) is 0 Å². The Morgan fingerprint density at radius 3 is 3.40 bits per heavy atom. The summed E-state index contributed by atoms with van der Waals surface area (Å²) in [6, 6.07) is 0. The summed E-state index contributed by atoms with van der Waals surface area (Å²) in [7, 11) is 0. The second-order valence-electron chi connectivity index (χ2n) is 1.85. The van der Waals surface area contributed by atoms with Crippen LogP contribution in [0.1, 0.15) is 5.76 Å². The quantitative estimate of drug-likeness (QED) is 0.639.